The number of hydrogen-bond donors (Lipinski definition) is 5. The number of primary amides is 1. The Kier molecular flexibility index (Phi) is 7.73. The molecule has 0 aromatic heterocycles. The van der Waals surface area contributed by atoms with Gasteiger partial charge >= 0.3 is 12.2 Å². The van der Waals surface area contributed by atoms with Gasteiger partial charge in [-0.3, -0.25) is 0 Å². The zero-order chi connectivity index (χ0) is 16.4. The fraction of sp³-hybridized carbons (Fsp3) is 0.429. The maximum absolute atomic E-state index is 11.4. The van der Waals surface area contributed by atoms with E-state index in [0.717, 1.165) is 12.1 Å². The first kappa shape index (κ1) is 17.7. The summed E-state index contributed by atoms with van der Waals surface area (Å²) in [5.74, 6) is 0.0641. The molecule has 1 fully saturated rings. The Bertz CT molecular complexity index is 465. The molecule has 0 spiro atoms. The van der Waals surface area contributed by atoms with Crippen molar-refractivity contribution in [1.29, 1.82) is 0 Å². The predicted molar refractivity (Wildman–Crippen MR) is 79.2 cm³/mol. The number of ether oxygens (including phenoxy) is 1. The van der Waals surface area contributed by atoms with E-state index in [2.05, 4.69) is 16.4 Å². The third kappa shape index (κ3) is 7.46. The Balaban J connectivity index is 0.000000541. The number of benzene rings is 1. The van der Waals surface area contributed by atoms with Crippen LogP contribution in [0.1, 0.15) is 5.56 Å². The van der Waals surface area contributed by atoms with Gasteiger partial charge in [0.2, 0.25) is 0 Å². The van der Waals surface area contributed by atoms with Crippen molar-refractivity contribution in [3.05, 3.63) is 35.9 Å². The summed E-state index contributed by atoms with van der Waals surface area (Å²) in [6, 6.07) is 9.52. The van der Waals surface area contributed by atoms with Crippen LogP contribution in [-0.2, 0) is 11.3 Å². The maximum Gasteiger partial charge on any atom is 0.407 e. The number of nitrogens with two attached hydrogens (primary N) is 1. The fourth-order valence-corrected chi connectivity index (χ4v) is 1.92. The molecule has 1 aromatic rings. The second-order valence-electron chi connectivity index (χ2n) is 4.77. The average molecular weight is 311 g/mol. The lowest BCUT2D eigenvalue weighted by Gasteiger charge is -2.14. The molecular weight excluding hydrogens is 290 g/mol. The van der Waals surface area contributed by atoms with Gasteiger partial charge in [0.05, 0.1) is 6.10 Å². The molecule has 0 saturated carbocycles. The third-order valence-electron chi connectivity index (χ3n) is 3.03. The Morgan fingerprint density at radius 3 is 2.50 bits per heavy atom. The topological polar surface area (TPSA) is 134 Å². The molecule has 0 unspecified atom stereocenters. The molecule has 6 N–H and O–H groups in total. The Labute approximate surface area is 128 Å². The molecule has 2 atom stereocenters. The van der Waals surface area contributed by atoms with Crippen LogP contribution in [0.5, 0.6) is 0 Å². The standard InChI is InChI=1S/C13H18N2O3.CH3NO2/c16-12-8-14-6-11(12)7-15-13(17)18-9-10-4-2-1-3-5-10;2-1(3)4/h1-5,11-12,14,16H,6-9H2,(H,15,17);2H2,(H,3,4)/t11-,12-;/m1./s1. The molecule has 1 heterocycles. The number of nitrogens with one attached hydrogen (secondary N) is 2. The van der Waals surface area contributed by atoms with Crippen molar-refractivity contribution in [2.45, 2.75) is 12.7 Å². The average Bonchev–Trinajstić information content (AvgIpc) is 2.89. The zero-order valence-electron chi connectivity index (χ0n) is 12.1. The van der Waals surface area contributed by atoms with Crippen LogP contribution in [0.15, 0.2) is 30.3 Å². The molecule has 1 aliphatic rings. The summed E-state index contributed by atoms with van der Waals surface area (Å²) in [5.41, 5.74) is 4.98. The van der Waals surface area contributed by atoms with Gasteiger partial charge in [0.25, 0.3) is 0 Å². The van der Waals surface area contributed by atoms with Crippen molar-refractivity contribution in [1.82, 2.24) is 10.6 Å². The van der Waals surface area contributed by atoms with Crippen LogP contribution in [0.25, 0.3) is 0 Å². The number of carboxylic acid groups (broad SMARTS) is 1. The fourth-order valence-electron chi connectivity index (χ4n) is 1.92. The van der Waals surface area contributed by atoms with Gasteiger partial charge in [0.15, 0.2) is 0 Å². The first-order valence-corrected chi connectivity index (χ1v) is 6.80. The van der Waals surface area contributed by atoms with Gasteiger partial charge in [-0.25, -0.2) is 9.59 Å². The van der Waals surface area contributed by atoms with E-state index in [-0.39, 0.29) is 18.6 Å². The molecule has 2 rings (SSSR count). The highest BCUT2D eigenvalue weighted by Gasteiger charge is 2.25. The van der Waals surface area contributed by atoms with E-state index in [4.69, 9.17) is 14.6 Å². The lowest BCUT2D eigenvalue weighted by Crippen LogP contribution is -2.34. The van der Waals surface area contributed by atoms with Crippen molar-refractivity contribution in [2.24, 2.45) is 11.7 Å². The normalized spacial score (nSPS) is 19.7. The molecule has 1 saturated heterocycles. The molecule has 8 heteroatoms. The van der Waals surface area contributed by atoms with Crippen molar-refractivity contribution in [3.63, 3.8) is 0 Å². The molecule has 0 radical (unpaired) electrons. The van der Waals surface area contributed by atoms with E-state index in [1.165, 1.54) is 0 Å². The second-order valence-corrected chi connectivity index (χ2v) is 4.77. The van der Waals surface area contributed by atoms with Crippen molar-refractivity contribution in [3.8, 4) is 0 Å². The van der Waals surface area contributed by atoms with Crippen LogP contribution in [-0.4, -0.2) is 48.1 Å². The molecular formula is C14H21N3O5. The lowest BCUT2D eigenvalue weighted by atomic mass is 10.1. The second kappa shape index (κ2) is 9.59. The number of carbonyl (C=O) groups is 2. The third-order valence-corrected chi connectivity index (χ3v) is 3.03. The van der Waals surface area contributed by atoms with E-state index in [0.29, 0.717) is 13.1 Å². The van der Waals surface area contributed by atoms with Gasteiger partial charge in [-0.1, -0.05) is 30.3 Å². The van der Waals surface area contributed by atoms with Crippen molar-refractivity contribution < 1.29 is 24.5 Å². The lowest BCUT2D eigenvalue weighted by molar-refractivity contribution is 0.125. The number of rotatable bonds is 4. The largest absolute Gasteiger partial charge is 0.465 e. The van der Waals surface area contributed by atoms with Gasteiger partial charge in [0.1, 0.15) is 6.61 Å². The summed E-state index contributed by atoms with van der Waals surface area (Å²) in [5, 5.41) is 22.5. The molecule has 0 aliphatic carbocycles. The van der Waals surface area contributed by atoms with Crippen LogP contribution in [0, 0.1) is 5.92 Å². The van der Waals surface area contributed by atoms with Crippen LogP contribution in [0.2, 0.25) is 0 Å². The van der Waals surface area contributed by atoms with Crippen molar-refractivity contribution in [2.75, 3.05) is 19.6 Å². The number of alkyl carbamates (subject to hydrolysis) is 1. The van der Waals surface area contributed by atoms with E-state index >= 15 is 0 Å². The van der Waals surface area contributed by atoms with Gasteiger partial charge in [-0.2, -0.15) is 0 Å². The SMILES string of the molecule is NC(=O)O.O=C(NC[C@H]1CNC[C@H]1O)OCc1ccccc1. The molecule has 22 heavy (non-hydrogen) atoms. The van der Waals surface area contributed by atoms with Crippen LogP contribution in [0.4, 0.5) is 9.59 Å². The van der Waals surface area contributed by atoms with Gasteiger partial charge in [-0.15, -0.1) is 0 Å². The number of aliphatic hydroxyl groups excluding tert-OH is 1. The zero-order valence-corrected chi connectivity index (χ0v) is 12.1. The Morgan fingerprint density at radius 2 is 1.95 bits per heavy atom. The minimum absolute atomic E-state index is 0.0641. The first-order valence-electron chi connectivity index (χ1n) is 6.80. The molecule has 122 valence electrons. The van der Waals surface area contributed by atoms with Crippen LogP contribution in [0.3, 0.4) is 0 Å². The number of β-amino-alcohol motifs (C(OH)–C–C–N with tert-alkyl or cyclic N) is 1. The monoisotopic (exact) mass is 311 g/mol. The molecule has 0 bridgehead atoms. The highest BCUT2D eigenvalue weighted by Crippen LogP contribution is 2.07. The minimum Gasteiger partial charge on any atom is -0.465 e. The minimum atomic E-state index is -1.33. The summed E-state index contributed by atoms with van der Waals surface area (Å²) < 4.78 is 5.07. The molecule has 1 aliphatic heterocycles. The summed E-state index contributed by atoms with van der Waals surface area (Å²) >= 11 is 0. The highest BCUT2D eigenvalue weighted by molar-refractivity contribution is 5.67. The summed E-state index contributed by atoms with van der Waals surface area (Å²) in [6.07, 6.45) is -2.17. The van der Waals surface area contributed by atoms with E-state index in [1.54, 1.807) is 0 Å². The number of aliphatic hydroxyl groups is 1. The predicted octanol–water partition coefficient (Wildman–Crippen LogP) is 0.116. The molecule has 2 amide bonds. The molecule has 1 aromatic carbocycles. The van der Waals surface area contributed by atoms with E-state index in [1.807, 2.05) is 30.3 Å². The summed E-state index contributed by atoms with van der Waals surface area (Å²) in [4.78, 5) is 20.2. The summed E-state index contributed by atoms with van der Waals surface area (Å²) in [7, 11) is 0. The van der Waals surface area contributed by atoms with Gasteiger partial charge in [0, 0.05) is 25.6 Å². The number of carbonyl (C=O) groups excluding carboxylic acids is 1. The van der Waals surface area contributed by atoms with Gasteiger partial charge in [-0.05, 0) is 5.56 Å². The molecule has 8 nitrogen and oxygen atoms in total. The van der Waals surface area contributed by atoms with E-state index in [9.17, 15) is 9.90 Å². The maximum atomic E-state index is 11.4. The van der Waals surface area contributed by atoms with E-state index < -0.39 is 12.2 Å². The first-order chi connectivity index (χ1) is 10.5. The summed E-state index contributed by atoms with van der Waals surface area (Å²) in [6.45, 7) is 2.01. The van der Waals surface area contributed by atoms with Gasteiger partial charge < -0.3 is 31.3 Å². The smallest absolute Gasteiger partial charge is 0.407 e. The quantitative estimate of drug-likeness (QED) is 0.536. The highest BCUT2D eigenvalue weighted by atomic mass is 16.5. The van der Waals surface area contributed by atoms with Crippen molar-refractivity contribution >= 4 is 12.2 Å². The van der Waals surface area contributed by atoms with Crippen LogP contribution >= 0.6 is 0 Å². The Hall–Kier alpha value is -2.32. The Morgan fingerprint density at radius 1 is 1.32 bits per heavy atom. The number of amides is 2. The van der Waals surface area contributed by atoms with Crippen LogP contribution < -0.4 is 16.4 Å². The number of hydrogen-bond acceptors (Lipinski definition) is 5.